The predicted octanol–water partition coefficient (Wildman–Crippen LogP) is 0.458. The van der Waals surface area contributed by atoms with Crippen LogP contribution in [0.5, 0.6) is 0 Å². The molecule has 0 rings (SSSR count). The first kappa shape index (κ1) is 9.43. The molecule has 0 saturated heterocycles. The van der Waals surface area contributed by atoms with Crippen LogP contribution in [-0.4, -0.2) is 25.7 Å². The molecule has 0 atom stereocenters. The zero-order valence-electron chi connectivity index (χ0n) is 6.52. The molecule has 0 saturated carbocycles. The van der Waals surface area contributed by atoms with E-state index in [2.05, 4.69) is 23.9 Å². The fraction of sp³-hybridized carbons (Fsp3) is 0.857. The summed E-state index contributed by atoms with van der Waals surface area (Å²) in [6.07, 6.45) is 0.855. The Hall–Kier alpha value is -0.570. The molecule has 0 bridgehead atoms. The van der Waals surface area contributed by atoms with Gasteiger partial charge in [-0.1, -0.05) is 13.8 Å². The standard InChI is InChI=1S/C7H14NO2/c1-7(2)8-4-3-5-10-6-9/h7-8H,3-5H2,1-2H3. The van der Waals surface area contributed by atoms with Crippen molar-refractivity contribution in [3.63, 3.8) is 0 Å². The predicted molar refractivity (Wildman–Crippen MR) is 39.4 cm³/mol. The minimum Gasteiger partial charge on any atom is -0.457 e. The van der Waals surface area contributed by atoms with E-state index in [1.54, 1.807) is 0 Å². The van der Waals surface area contributed by atoms with Crippen molar-refractivity contribution < 1.29 is 9.53 Å². The maximum Gasteiger partial charge on any atom is 0.417 e. The summed E-state index contributed by atoms with van der Waals surface area (Å²) in [5.41, 5.74) is 0. The third-order valence-corrected chi connectivity index (χ3v) is 1.03. The van der Waals surface area contributed by atoms with E-state index in [0.29, 0.717) is 12.6 Å². The van der Waals surface area contributed by atoms with Gasteiger partial charge >= 0.3 is 6.47 Å². The van der Waals surface area contributed by atoms with Crippen molar-refractivity contribution in [3.8, 4) is 0 Å². The number of rotatable bonds is 6. The molecule has 0 heterocycles. The van der Waals surface area contributed by atoms with E-state index >= 15 is 0 Å². The van der Waals surface area contributed by atoms with Gasteiger partial charge in [-0.2, -0.15) is 0 Å². The summed E-state index contributed by atoms with van der Waals surface area (Å²) >= 11 is 0. The Morgan fingerprint density at radius 3 is 2.80 bits per heavy atom. The van der Waals surface area contributed by atoms with Gasteiger partial charge in [0.05, 0.1) is 6.61 Å². The number of nitrogens with one attached hydrogen (secondary N) is 1. The molecule has 3 nitrogen and oxygen atoms in total. The zero-order valence-corrected chi connectivity index (χ0v) is 6.52. The second-order valence-corrected chi connectivity index (χ2v) is 2.39. The summed E-state index contributed by atoms with van der Waals surface area (Å²) in [7, 11) is 0. The average Bonchev–Trinajstić information content (AvgIpc) is 1.87. The maximum atomic E-state index is 9.53. The zero-order chi connectivity index (χ0) is 7.82. The van der Waals surface area contributed by atoms with Crippen LogP contribution in [0.4, 0.5) is 0 Å². The molecule has 0 aromatic heterocycles. The van der Waals surface area contributed by atoms with Gasteiger partial charge in [-0.15, -0.1) is 0 Å². The summed E-state index contributed by atoms with van der Waals surface area (Å²) < 4.78 is 4.37. The molecular formula is C7H14NO2. The van der Waals surface area contributed by atoms with Crippen LogP contribution in [0.15, 0.2) is 0 Å². The molecular weight excluding hydrogens is 130 g/mol. The minimum absolute atomic E-state index is 0.462. The number of carbonyl (C=O) groups excluding carboxylic acids is 1. The van der Waals surface area contributed by atoms with Crippen molar-refractivity contribution in [1.82, 2.24) is 5.32 Å². The average molecular weight is 144 g/mol. The largest absolute Gasteiger partial charge is 0.457 e. The van der Waals surface area contributed by atoms with Crippen LogP contribution in [0.25, 0.3) is 0 Å². The molecule has 0 aliphatic heterocycles. The first-order chi connectivity index (χ1) is 4.77. The van der Waals surface area contributed by atoms with E-state index in [4.69, 9.17) is 0 Å². The molecule has 0 aliphatic carbocycles. The van der Waals surface area contributed by atoms with Crippen LogP contribution < -0.4 is 5.32 Å². The highest BCUT2D eigenvalue weighted by Gasteiger charge is 1.90. The molecule has 0 fully saturated rings. The van der Waals surface area contributed by atoms with Crippen LogP contribution in [-0.2, 0) is 9.53 Å². The van der Waals surface area contributed by atoms with Crippen molar-refractivity contribution in [3.05, 3.63) is 0 Å². The molecule has 59 valence electrons. The number of hydrogen-bond donors (Lipinski definition) is 1. The molecule has 0 amide bonds. The third-order valence-electron chi connectivity index (χ3n) is 1.03. The highest BCUT2D eigenvalue weighted by atomic mass is 16.5. The van der Waals surface area contributed by atoms with Gasteiger partial charge in [-0.05, 0) is 13.0 Å². The van der Waals surface area contributed by atoms with Crippen molar-refractivity contribution in [2.45, 2.75) is 26.3 Å². The van der Waals surface area contributed by atoms with Crippen molar-refractivity contribution >= 4 is 6.47 Å². The molecule has 3 heteroatoms. The van der Waals surface area contributed by atoms with E-state index in [0.717, 1.165) is 13.0 Å². The van der Waals surface area contributed by atoms with Gasteiger partial charge in [0, 0.05) is 6.04 Å². The Bertz CT molecular complexity index is 83.7. The lowest BCUT2D eigenvalue weighted by Gasteiger charge is -2.05. The van der Waals surface area contributed by atoms with Crippen LogP contribution >= 0.6 is 0 Å². The minimum atomic E-state index is 0.462. The Labute approximate surface area is 61.8 Å². The number of hydrogen-bond acceptors (Lipinski definition) is 3. The van der Waals surface area contributed by atoms with E-state index in [1.807, 2.05) is 0 Å². The first-order valence-electron chi connectivity index (χ1n) is 3.49. The Morgan fingerprint density at radius 2 is 2.30 bits per heavy atom. The monoisotopic (exact) mass is 144 g/mol. The highest BCUT2D eigenvalue weighted by molar-refractivity contribution is 5.37. The molecule has 1 N–H and O–H groups in total. The van der Waals surface area contributed by atoms with Gasteiger partial charge in [0.1, 0.15) is 0 Å². The highest BCUT2D eigenvalue weighted by Crippen LogP contribution is 1.80. The van der Waals surface area contributed by atoms with E-state index in [9.17, 15) is 4.79 Å². The second-order valence-electron chi connectivity index (χ2n) is 2.39. The Morgan fingerprint density at radius 1 is 1.60 bits per heavy atom. The number of ether oxygens (including phenoxy) is 1. The lowest BCUT2D eigenvalue weighted by molar-refractivity contribution is 0.270. The Kier molecular flexibility index (Phi) is 6.18. The van der Waals surface area contributed by atoms with Gasteiger partial charge in [-0.25, -0.2) is 4.79 Å². The summed E-state index contributed by atoms with van der Waals surface area (Å²) in [5, 5.41) is 3.19. The van der Waals surface area contributed by atoms with Gasteiger partial charge in [-0.3, -0.25) is 0 Å². The molecule has 0 unspecified atom stereocenters. The molecule has 1 radical (unpaired) electrons. The topological polar surface area (TPSA) is 38.3 Å². The first-order valence-corrected chi connectivity index (χ1v) is 3.49. The maximum absolute atomic E-state index is 9.53. The fourth-order valence-electron chi connectivity index (χ4n) is 0.577. The molecule has 0 spiro atoms. The van der Waals surface area contributed by atoms with Crippen LogP contribution in [0, 0.1) is 0 Å². The second kappa shape index (κ2) is 6.55. The molecule has 0 aromatic rings. The summed E-state index contributed by atoms with van der Waals surface area (Å²) in [6, 6.07) is 0.500. The normalized spacial score (nSPS) is 9.90. The van der Waals surface area contributed by atoms with Crippen LogP contribution in [0.1, 0.15) is 20.3 Å². The summed E-state index contributed by atoms with van der Waals surface area (Å²) in [6.45, 7) is 6.88. The molecule has 0 aromatic carbocycles. The Balaban J connectivity index is 2.83. The van der Waals surface area contributed by atoms with Crippen molar-refractivity contribution in [2.75, 3.05) is 13.2 Å². The lowest BCUT2D eigenvalue weighted by atomic mass is 10.3. The smallest absolute Gasteiger partial charge is 0.417 e. The van der Waals surface area contributed by atoms with Crippen molar-refractivity contribution in [1.29, 1.82) is 0 Å². The van der Waals surface area contributed by atoms with Crippen LogP contribution in [0.2, 0.25) is 0 Å². The van der Waals surface area contributed by atoms with E-state index in [-0.39, 0.29) is 0 Å². The van der Waals surface area contributed by atoms with Gasteiger partial charge in [0.25, 0.3) is 0 Å². The molecule has 0 aliphatic rings. The summed E-state index contributed by atoms with van der Waals surface area (Å²) in [5.74, 6) is 0. The van der Waals surface area contributed by atoms with Crippen LogP contribution in [0.3, 0.4) is 0 Å². The van der Waals surface area contributed by atoms with Crippen molar-refractivity contribution in [2.24, 2.45) is 0 Å². The van der Waals surface area contributed by atoms with Gasteiger partial charge < -0.3 is 10.1 Å². The van der Waals surface area contributed by atoms with Gasteiger partial charge in [0.2, 0.25) is 0 Å². The summed E-state index contributed by atoms with van der Waals surface area (Å²) in [4.78, 5) is 9.53. The SMILES string of the molecule is CC(C)NCCCO[C]=O. The van der Waals surface area contributed by atoms with Gasteiger partial charge in [0.15, 0.2) is 0 Å². The van der Waals surface area contributed by atoms with E-state index in [1.165, 1.54) is 6.47 Å². The fourth-order valence-corrected chi connectivity index (χ4v) is 0.577. The lowest BCUT2D eigenvalue weighted by Crippen LogP contribution is -2.24. The third kappa shape index (κ3) is 7.43. The van der Waals surface area contributed by atoms with E-state index < -0.39 is 0 Å². The molecule has 10 heavy (non-hydrogen) atoms. The quantitative estimate of drug-likeness (QED) is 0.550.